The number of carbonyl (C=O) groups excluding carboxylic acids is 1. The van der Waals surface area contributed by atoms with Gasteiger partial charge in [0.1, 0.15) is 12.4 Å². The number of rotatable bonds is 6. The molecule has 2 aliphatic heterocycles. The molecule has 1 aromatic carbocycles. The first kappa shape index (κ1) is 22.2. The van der Waals surface area contributed by atoms with Crippen LogP contribution >= 0.6 is 0 Å². The minimum absolute atomic E-state index is 0.0707. The predicted octanol–water partition coefficient (Wildman–Crippen LogP) is 2.83. The first-order valence-corrected chi connectivity index (χ1v) is 9.72. The minimum atomic E-state index is -4.79. The first-order chi connectivity index (χ1) is 14.3. The summed E-state index contributed by atoms with van der Waals surface area (Å²) in [6.07, 6.45) is -1.35. The van der Waals surface area contributed by atoms with E-state index < -0.39 is 12.3 Å². The number of nitrogens with zero attached hydrogens (tertiary/aromatic N) is 2. The Hall–Kier alpha value is -2.46. The standard InChI is InChI=1S/C20H25F3N2O5/c1-15(26)29-8-2-3-17-18(24-4-9-27-10-5-24)13-16(30-20(21,22)23)14-19(17)25-6-11-28-12-7-25/h2-3,13-14H,4-12H2,1H3/b3-2+. The maximum atomic E-state index is 13.0. The van der Waals surface area contributed by atoms with E-state index in [-0.39, 0.29) is 12.4 Å². The third-order valence-corrected chi connectivity index (χ3v) is 4.71. The van der Waals surface area contributed by atoms with E-state index in [1.807, 2.05) is 9.80 Å². The lowest BCUT2D eigenvalue weighted by molar-refractivity contribution is -0.274. The number of ether oxygens (including phenoxy) is 4. The second kappa shape index (κ2) is 10.0. The van der Waals surface area contributed by atoms with Crippen LogP contribution in [0, 0.1) is 0 Å². The Bertz CT molecular complexity index is 718. The van der Waals surface area contributed by atoms with E-state index in [2.05, 4.69) is 4.74 Å². The second-order valence-corrected chi connectivity index (χ2v) is 6.83. The van der Waals surface area contributed by atoms with Crippen LogP contribution in [0.3, 0.4) is 0 Å². The quantitative estimate of drug-likeness (QED) is 0.644. The molecule has 0 aromatic heterocycles. The van der Waals surface area contributed by atoms with Crippen molar-refractivity contribution in [1.82, 2.24) is 0 Å². The van der Waals surface area contributed by atoms with Crippen molar-refractivity contribution in [2.24, 2.45) is 0 Å². The molecular formula is C20H25F3N2O5. The topological polar surface area (TPSA) is 60.5 Å². The zero-order valence-electron chi connectivity index (χ0n) is 16.7. The molecule has 30 heavy (non-hydrogen) atoms. The summed E-state index contributed by atoms with van der Waals surface area (Å²) < 4.78 is 58.9. The highest BCUT2D eigenvalue weighted by molar-refractivity contribution is 5.82. The number of halogens is 3. The molecule has 0 saturated carbocycles. The van der Waals surface area contributed by atoms with Crippen molar-refractivity contribution < 1.29 is 36.9 Å². The van der Waals surface area contributed by atoms with Crippen LogP contribution < -0.4 is 14.5 Å². The molecule has 0 bridgehead atoms. The second-order valence-electron chi connectivity index (χ2n) is 6.83. The van der Waals surface area contributed by atoms with Gasteiger partial charge in [0.05, 0.1) is 26.4 Å². The molecule has 3 rings (SSSR count). The van der Waals surface area contributed by atoms with Gasteiger partial charge in [-0.1, -0.05) is 6.08 Å². The molecule has 1 aromatic rings. The van der Waals surface area contributed by atoms with Gasteiger partial charge in [0.15, 0.2) is 0 Å². The van der Waals surface area contributed by atoms with Gasteiger partial charge in [-0.2, -0.15) is 0 Å². The highest BCUT2D eigenvalue weighted by atomic mass is 19.4. The third kappa shape index (κ3) is 6.27. The van der Waals surface area contributed by atoms with Gasteiger partial charge in [-0.05, 0) is 6.08 Å². The third-order valence-electron chi connectivity index (χ3n) is 4.71. The fraction of sp³-hybridized carbons (Fsp3) is 0.550. The summed E-state index contributed by atoms with van der Waals surface area (Å²) in [6.45, 7) is 5.48. The van der Waals surface area contributed by atoms with Gasteiger partial charge < -0.3 is 28.7 Å². The van der Waals surface area contributed by atoms with Crippen molar-refractivity contribution in [3.63, 3.8) is 0 Å². The summed E-state index contributed by atoms with van der Waals surface area (Å²) in [5, 5.41) is 0. The molecule has 0 N–H and O–H groups in total. The van der Waals surface area contributed by atoms with Gasteiger partial charge >= 0.3 is 12.3 Å². The van der Waals surface area contributed by atoms with Gasteiger partial charge in [-0.3, -0.25) is 4.79 Å². The van der Waals surface area contributed by atoms with Gasteiger partial charge in [-0.15, -0.1) is 13.2 Å². The molecule has 0 atom stereocenters. The molecule has 2 aliphatic rings. The van der Waals surface area contributed by atoms with E-state index in [4.69, 9.17) is 14.2 Å². The van der Waals surface area contributed by atoms with Gasteiger partial charge in [0, 0.05) is 62.2 Å². The summed E-state index contributed by atoms with van der Waals surface area (Å²) in [7, 11) is 0. The fourth-order valence-electron chi connectivity index (χ4n) is 3.42. The van der Waals surface area contributed by atoms with Gasteiger partial charge in [0.2, 0.25) is 0 Å². The maximum Gasteiger partial charge on any atom is 0.573 e. The molecule has 7 nitrogen and oxygen atoms in total. The van der Waals surface area contributed by atoms with Crippen LogP contribution in [0.4, 0.5) is 24.5 Å². The molecule has 10 heteroatoms. The number of benzene rings is 1. The summed E-state index contributed by atoms with van der Waals surface area (Å²) in [5.74, 6) is -0.682. The van der Waals surface area contributed by atoms with Crippen LogP contribution in [-0.2, 0) is 19.0 Å². The molecule has 0 amide bonds. The van der Waals surface area contributed by atoms with E-state index in [0.29, 0.717) is 64.0 Å². The average molecular weight is 430 g/mol. The number of hydrogen-bond donors (Lipinski definition) is 0. The van der Waals surface area contributed by atoms with Crippen LogP contribution in [0.5, 0.6) is 5.75 Å². The van der Waals surface area contributed by atoms with Crippen LogP contribution in [-0.4, -0.2) is 71.5 Å². The lowest BCUT2D eigenvalue weighted by Crippen LogP contribution is -2.39. The molecule has 0 aliphatic carbocycles. The number of carbonyl (C=O) groups is 1. The van der Waals surface area contributed by atoms with Gasteiger partial charge in [-0.25, -0.2) is 0 Å². The Morgan fingerprint density at radius 2 is 1.53 bits per heavy atom. The summed E-state index contributed by atoms with van der Waals surface area (Å²) in [6, 6.07) is 2.79. The largest absolute Gasteiger partial charge is 0.573 e. The Balaban J connectivity index is 2.03. The number of hydrogen-bond acceptors (Lipinski definition) is 7. The smallest absolute Gasteiger partial charge is 0.462 e. The summed E-state index contributed by atoms with van der Waals surface area (Å²) in [5.41, 5.74) is 1.96. The fourth-order valence-corrected chi connectivity index (χ4v) is 3.42. The Kier molecular flexibility index (Phi) is 7.43. The highest BCUT2D eigenvalue weighted by Gasteiger charge is 2.32. The van der Waals surface area contributed by atoms with Crippen molar-refractivity contribution in [1.29, 1.82) is 0 Å². The number of anilines is 2. The zero-order valence-corrected chi connectivity index (χ0v) is 16.7. The molecule has 0 spiro atoms. The van der Waals surface area contributed by atoms with E-state index in [0.717, 1.165) is 5.56 Å². The van der Waals surface area contributed by atoms with Crippen molar-refractivity contribution in [2.45, 2.75) is 13.3 Å². The molecule has 2 saturated heterocycles. The Labute approximate surface area is 172 Å². The van der Waals surface area contributed by atoms with Gasteiger partial charge in [0.25, 0.3) is 0 Å². The predicted molar refractivity (Wildman–Crippen MR) is 105 cm³/mol. The summed E-state index contributed by atoms with van der Waals surface area (Å²) in [4.78, 5) is 15.0. The SMILES string of the molecule is CC(=O)OC/C=C/c1c(N2CCOCC2)cc(OC(F)(F)F)cc1N1CCOCC1. The Morgan fingerprint density at radius 1 is 1.03 bits per heavy atom. The average Bonchev–Trinajstić information content (AvgIpc) is 2.71. The van der Waals surface area contributed by atoms with Crippen LogP contribution in [0.25, 0.3) is 6.08 Å². The maximum absolute atomic E-state index is 13.0. The van der Waals surface area contributed by atoms with Crippen LogP contribution in [0.1, 0.15) is 12.5 Å². The van der Waals surface area contributed by atoms with Crippen LogP contribution in [0.2, 0.25) is 0 Å². The normalized spacial score (nSPS) is 18.0. The lowest BCUT2D eigenvalue weighted by atomic mass is 10.1. The molecule has 2 fully saturated rings. The monoisotopic (exact) mass is 430 g/mol. The Morgan fingerprint density at radius 3 is 1.97 bits per heavy atom. The van der Waals surface area contributed by atoms with Crippen molar-refractivity contribution >= 4 is 23.4 Å². The van der Waals surface area contributed by atoms with E-state index in [1.54, 1.807) is 12.2 Å². The van der Waals surface area contributed by atoms with Crippen molar-refractivity contribution in [3.8, 4) is 5.75 Å². The highest BCUT2D eigenvalue weighted by Crippen LogP contribution is 2.39. The minimum Gasteiger partial charge on any atom is -0.462 e. The van der Waals surface area contributed by atoms with Crippen molar-refractivity contribution in [3.05, 3.63) is 23.8 Å². The zero-order chi connectivity index (χ0) is 21.6. The van der Waals surface area contributed by atoms with Crippen molar-refractivity contribution in [2.75, 3.05) is 69.0 Å². The van der Waals surface area contributed by atoms with E-state index in [9.17, 15) is 18.0 Å². The molecular weight excluding hydrogens is 405 g/mol. The summed E-state index contributed by atoms with van der Waals surface area (Å²) >= 11 is 0. The molecule has 0 unspecified atom stereocenters. The first-order valence-electron chi connectivity index (χ1n) is 9.72. The molecule has 2 heterocycles. The van der Waals surface area contributed by atoms with E-state index >= 15 is 0 Å². The van der Waals surface area contributed by atoms with Crippen LogP contribution in [0.15, 0.2) is 18.2 Å². The van der Waals surface area contributed by atoms with E-state index in [1.165, 1.54) is 19.1 Å². The molecule has 0 radical (unpaired) electrons. The number of alkyl halides is 3. The lowest BCUT2D eigenvalue weighted by Gasteiger charge is -2.35. The number of esters is 1. The molecule has 166 valence electrons. The number of morpholine rings is 2.